The Labute approximate surface area is 141 Å². The Morgan fingerprint density at radius 1 is 1.00 bits per heavy atom. The van der Waals surface area contributed by atoms with Crippen LogP contribution >= 0.6 is 0 Å². The van der Waals surface area contributed by atoms with Crippen molar-refractivity contribution in [3.63, 3.8) is 0 Å². The summed E-state index contributed by atoms with van der Waals surface area (Å²) in [6.07, 6.45) is 1.92. The van der Waals surface area contributed by atoms with Crippen LogP contribution in [0.15, 0.2) is 65.7 Å². The fourth-order valence-corrected chi connectivity index (χ4v) is 3.44. The minimum Gasteiger partial charge on any atom is -0.506 e. The minimum atomic E-state index is -0.0553. The molecular formula is C21H20N2O. The van der Waals surface area contributed by atoms with Crippen molar-refractivity contribution in [1.82, 2.24) is 0 Å². The van der Waals surface area contributed by atoms with E-state index in [0.717, 1.165) is 16.5 Å². The molecule has 0 aliphatic carbocycles. The quantitative estimate of drug-likeness (QED) is 0.652. The van der Waals surface area contributed by atoms with Gasteiger partial charge in [0.2, 0.25) is 0 Å². The molecular weight excluding hydrogens is 296 g/mol. The highest BCUT2D eigenvalue weighted by Crippen LogP contribution is 2.41. The molecule has 0 saturated carbocycles. The predicted molar refractivity (Wildman–Crippen MR) is 101 cm³/mol. The first-order valence-electron chi connectivity index (χ1n) is 8.18. The Hall–Kier alpha value is -2.81. The van der Waals surface area contributed by atoms with Crippen molar-refractivity contribution in [3.05, 3.63) is 66.2 Å². The van der Waals surface area contributed by atoms with Crippen LogP contribution in [0.1, 0.15) is 19.4 Å². The highest BCUT2D eigenvalue weighted by atomic mass is 16.3. The Morgan fingerprint density at radius 3 is 2.58 bits per heavy atom. The van der Waals surface area contributed by atoms with Gasteiger partial charge in [-0.1, -0.05) is 62.4 Å². The molecule has 0 amide bonds. The molecule has 3 heteroatoms. The lowest BCUT2D eigenvalue weighted by atomic mass is 9.81. The monoisotopic (exact) mass is 316 g/mol. The first kappa shape index (κ1) is 14.8. The molecule has 3 aromatic carbocycles. The summed E-state index contributed by atoms with van der Waals surface area (Å²) < 4.78 is 0. The van der Waals surface area contributed by atoms with Crippen molar-refractivity contribution in [2.75, 3.05) is 5.32 Å². The Morgan fingerprint density at radius 2 is 1.75 bits per heavy atom. The first-order chi connectivity index (χ1) is 11.6. The van der Waals surface area contributed by atoms with E-state index in [-0.39, 0.29) is 17.2 Å². The third kappa shape index (κ3) is 2.24. The number of phenolic OH excluding ortho intramolecular Hbond substituents is 1. The fraction of sp³-hybridized carbons (Fsp3) is 0.190. The van der Waals surface area contributed by atoms with Crippen LogP contribution in [0.2, 0.25) is 0 Å². The molecule has 0 spiro atoms. The number of nitrogens with zero attached hydrogens (tertiary/aromatic N) is 1. The van der Waals surface area contributed by atoms with Crippen LogP contribution in [0.3, 0.4) is 0 Å². The zero-order chi connectivity index (χ0) is 16.7. The van der Waals surface area contributed by atoms with Crippen molar-refractivity contribution in [2.24, 2.45) is 4.99 Å². The van der Waals surface area contributed by atoms with E-state index in [1.807, 2.05) is 42.6 Å². The number of hydrogen-bond donors (Lipinski definition) is 2. The van der Waals surface area contributed by atoms with Gasteiger partial charge < -0.3 is 10.4 Å². The van der Waals surface area contributed by atoms with Crippen LogP contribution < -0.4 is 5.32 Å². The van der Waals surface area contributed by atoms with E-state index in [0.29, 0.717) is 5.69 Å². The molecule has 0 radical (unpaired) electrons. The van der Waals surface area contributed by atoms with Gasteiger partial charge in [0.05, 0.1) is 6.04 Å². The molecule has 0 fully saturated rings. The van der Waals surface area contributed by atoms with Crippen LogP contribution in [-0.2, 0) is 5.41 Å². The van der Waals surface area contributed by atoms with E-state index in [9.17, 15) is 5.11 Å². The summed E-state index contributed by atoms with van der Waals surface area (Å²) >= 11 is 0. The molecule has 1 heterocycles. The number of nitrogens with one attached hydrogen (secondary N) is 1. The van der Waals surface area contributed by atoms with Gasteiger partial charge in [0.1, 0.15) is 11.4 Å². The zero-order valence-electron chi connectivity index (χ0n) is 13.8. The normalized spacial score (nSPS) is 18.7. The van der Waals surface area contributed by atoms with Gasteiger partial charge in [-0.2, -0.15) is 0 Å². The first-order valence-corrected chi connectivity index (χ1v) is 8.18. The third-order valence-electron chi connectivity index (χ3n) is 4.94. The van der Waals surface area contributed by atoms with Gasteiger partial charge in [-0.15, -0.1) is 0 Å². The second-order valence-electron chi connectivity index (χ2n) is 6.82. The van der Waals surface area contributed by atoms with E-state index in [1.165, 1.54) is 5.56 Å². The van der Waals surface area contributed by atoms with Crippen molar-refractivity contribution in [2.45, 2.75) is 25.3 Å². The van der Waals surface area contributed by atoms with Gasteiger partial charge in [-0.25, -0.2) is 0 Å². The molecule has 1 atom stereocenters. The maximum Gasteiger partial charge on any atom is 0.141 e. The van der Waals surface area contributed by atoms with Gasteiger partial charge >= 0.3 is 0 Å². The van der Waals surface area contributed by atoms with Crippen LogP contribution in [0.25, 0.3) is 10.8 Å². The average molecular weight is 316 g/mol. The molecule has 0 saturated heterocycles. The van der Waals surface area contributed by atoms with E-state index in [1.54, 1.807) is 6.07 Å². The zero-order valence-corrected chi connectivity index (χ0v) is 13.8. The van der Waals surface area contributed by atoms with E-state index in [4.69, 9.17) is 0 Å². The molecule has 1 aliphatic rings. The summed E-state index contributed by atoms with van der Waals surface area (Å²) in [5.74, 6) is 0.207. The third-order valence-corrected chi connectivity index (χ3v) is 4.94. The van der Waals surface area contributed by atoms with E-state index < -0.39 is 0 Å². The Bertz CT molecular complexity index is 943. The summed E-state index contributed by atoms with van der Waals surface area (Å²) in [5.41, 5.74) is 3.02. The molecule has 24 heavy (non-hydrogen) atoms. The number of phenols is 1. The number of fused-ring (bicyclic) bond motifs is 2. The lowest BCUT2D eigenvalue weighted by Gasteiger charge is -2.24. The van der Waals surface area contributed by atoms with Gasteiger partial charge in [0.25, 0.3) is 0 Å². The molecule has 2 N–H and O–H groups in total. The maximum atomic E-state index is 10.3. The molecule has 3 aromatic rings. The number of para-hydroxylation sites is 1. The number of anilines is 1. The van der Waals surface area contributed by atoms with Crippen molar-refractivity contribution in [3.8, 4) is 5.75 Å². The predicted octanol–water partition coefficient (Wildman–Crippen LogP) is 5.02. The fourth-order valence-electron chi connectivity index (χ4n) is 3.44. The smallest absolute Gasteiger partial charge is 0.141 e. The number of benzene rings is 3. The summed E-state index contributed by atoms with van der Waals surface area (Å²) in [5, 5.41) is 15.8. The van der Waals surface area contributed by atoms with Gasteiger partial charge in [0.15, 0.2) is 0 Å². The highest BCUT2D eigenvalue weighted by molar-refractivity contribution is 5.97. The lowest BCUT2D eigenvalue weighted by Crippen LogP contribution is -2.34. The Kier molecular flexibility index (Phi) is 3.31. The van der Waals surface area contributed by atoms with E-state index >= 15 is 0 Å². The Balaban J connectivity index is 1.74. The topological polar surface area (TPSA) is 44.6 Å². The summed E-state index contributed by atoms with van der Waals surface area (Å²) in [6, 6.07) is 20.0. The van der Waals surface area contributed by atoms with Crippen LogP contribution in [0.4, 0.5) is 11.4 Å². The van der Waals surface area contributed by atoms with Crippen molar-refractivity contribution < 1.29 is 5.11 Å². The summed E-state index contributed by atoms with van der Waals surface area (Å²) in [4.78, 5) is 4.66. The highest BCUT2D eigenvalue weighted by Gasteiger charge is 2.37. The van der Waals surface area contributed by atoms with Crippen molar-refractivity contribution in [1.29, 1.82) is 0 Å². The SMILES string of the molecule is CC1(C)c2ccccc2NC1C=Nc1c(O)ccc2ccccc12. The van der Waals surface area contributed by atoms with Gasteiger partial charge in [-0.3, -0.25) is 4.99 Å². The molecule has 1 aliphatic heterocycles. The lowest BCUT2D eigenvalue weighted by molar-refractivity contribution is 0.477. The summed E-state index contributed by atoms with van der Waals surface area (Å²) in [6.45, 7) is 4.43. The molecule has 3 nitrogen and oxygen atoms in total. The number of rotatable bonds is 2. The summed E-state index contributed by atoms with van der Waals surface area (Å²) in [7, 11) is 0. The standard InChI is InChI=1S/C21H20N2O/c1-21(2)16-9-5-6-10-17(16)23-19(21)13-22-20-15-8-4-3-7-14(15)11-12-18(20)24/h3-13,19,23-24H,1-2H3. The van der Waals surface area contributed by atoms with Crippen molar-refractivity contribution >= 4 is 28.4 Å². The molecule has 120 valence electrons. The number of aliphatic imine (C=N–C) groups is 1. The van der Waals surface area contributed by atoms with Crippen LogP contribution in [0, 0.1) is 0 Å². The van der Waals surface area contributed by atoms with Crippen LogP contribution in [-0.4, -0.2) is 17.4 Å². The van der Waals surface area contributed by atoms with Gasteiger partial charge in [0, 0.05) is 22.7 Å². The second-order valence-corrected chi connectivity index (χ2v) is 6.82. The molecule has 0 aromatic heterocycles. The average Bonchev–Trinajstić information content (AvgIpc) is 2.85. The number of hydrogen-bond acceptors (Lipinski definition) is 3. The molecule has 0 bridgehead atoms. The number of aromatic hydroxyl groups is 1. The largest absolute Gasteiger partial charge is 0.506 e. The van der Waals surface area contributed by atoms with Crippen LogP contribution in [0.5, 0.6) is 5.75 Å². The molecule has 4 rings (SSSR count). The second kappa shape index (κ2) is 5.38. The van der Waals surface area contributed by atoms with E-state index in [2.05, 4.69) is 42.4 Å². The maximum absolute atomic E-state index is 10.3. The van der Waals surface area contributed by atoms with Gasteiger partial charge in [-0.05, 0) is 23.1 Å². The minimum absolute atomic E-state index is 0.0553. The molecule has 1 unspecified atom stereocenters.